The minimum absolute atomic E-state index is 0.00494. The topological polar surface area (TPSA) is 224 Å². The third-order valence-corrected chi connectivity index (χ3v) is 15.8. The summed E-state index contributed by atoms with van der Waals surface area (Å²) in [6, 6.07) is 13.3. The average molecular weight is 990 g/mol. The highest BCUT2D eigenvalue weighted by atomic mass is 16.3. The lowest BCUT2D eigenvalue weighted by atomic mass is 9.84. The molecule has 2 aliphatic carbocycles. The number of carbonyl (C=O) groups excluding carboxylic acids is 6. The number of aryl methyl sites for hydroxylation is 1. The van der Waals surface area contributed by atoms with E-state index in [9.17, 15) is 38.7 Å². The number of aromatic nitrogens is 4. The van der Waals surface area contributed by atoms with E-state index >= 15 is 0 Å². The first-order valence-corrected chi connectivity index (χ1v) is 25.3. The van der Waals surface area contributed by atoms with Crippen LogP contribution in [0.4, 0.5) is 28.7 Å². The smallest absolute Gasteiger partial charge is 0.276 e. The molecule has 1 aromatic carbocycles. The number of nitrogens with one attached hydrogen (secondary N) is 3. The molecule has 0 spiro atoms. The van der Waals surface area contributed by atoms with Gasteiger partial charge in [0.15, 0.2) is 0 Å². The Bertz CT molecular complexity index is 3190. The van der Waals surface area contributed by atoms with Gasteiger partial charge in [0.05, 0.1) is 29.6 Å². The van der Waals surface area contributed by atoms with Gasteiger partial charge in [-0.15, -0.1) is 0 Å². The second kappa shape index (κ2) is 18.4. The number of hydrogen-bond acceptors (Lipinski definition) is 13. The van der Waals surface area contributed by atoms with Gasteiger partial charge in [-0.25, -0.2) is 9.97 Å². The first-order chi connectivity index (χ1) is 35.1. The predicted molar refractivity (Wildman–Crippen MR) is 272 cm³/mol. The highest BCUT2D eigenvalue weighted by Gasteiger charge is 2.46. The Morgan fingerprint density at radius 3 is 2.41 bits per heavy atom. The van der Waals surface area contributed by atoms with Crippen molar-refractivity contribution < 1.29 is 33.9 Å². The lowest BCUT2D eigenvalue weighted by molar-refractivity contribution is -0.138. The van der Waals surface area contributed by atoms with Crippen molar-refractivity contribution >= 4 is 64.1 Å². The fourth-order valence-electron chi connectivity index (χ4n) is 12.1. The fraction of sp³-hybridized carbons (Fsp3) is 0.426. The van der Waals surface area contributed by atoms with Crippen LogP contribution in [0.15, 0.2) is 71.9 Å². The molecule has 1 saturated carbocycles. The number of pyridine rings is 3. The van der Waals surface area contributed by atoms with Crippen molar-refractivity contribution in [2.24, 2.45) is 18.4 Å². The Hall–Kier alpha value is -7.67. The van der Waals surface area contributed by atoms with Gasteiger partial charge in [0.1, 0.15) is 29.1 Å². The first kappa shape index (κ1) is 47.6. The van der Waals surface area contributed by atoms with Gasteiger partial charge < -0.3 is 34.7 Å². The zero-order valence-electron chi connectivity index (χ0n) is 41.4. The number of piperidine rings is 1. The summed E-state index contributed by atoms with van der Waals surface area (Å²) in [6.45, 7) is 8.97. The minimum atomic E-state index is -1.04. The molecule has 3 fully saturated rings. The molecule has 11 rings (SSSR count). The second-order valence-corrected chi connectivity index (χ2v) is 21.2. The number of rotatable bonds is 10. The van der Waals surface area contributed by atoms with Crippen molar-refractivity contribution in [1.82, 2.24) is 34.2 Å². The summed E-state index contributed by atoms with van der Waals surface area (Å²) in [7, 11) is 1.67. The van der Waals surface area contributed by atoms with Crippen LogP contribution in [-0.2, 0) is 47.4 Å². The Balaban J connectivity index is 0.704. The molecular weight excluding hydrogens is 931 g/mol. The zero-order valence-corrected chi connectivity index (χ0v) is 41.4. The van der Waals surface area contributed by atoms with Gasteiger partial charge in [-0.1, -0.05) is 19.9 Å². The molecule has 4 aliphatic heterocycles. The number of anilines is 5. The molecule has 6 aliphatic rings. The van der Waals surface area contributed by atoms with E-state index in [-0.39, 0.29) is 77.1 Å². The molecule has 6 amide bonds. The zero-order chi connectivity index (χ0) is 51.0. The average Bonchev–Trinajstić information content (AvgIpc) is 3.97. The number of fused-ring (bicyclic) bond motifs is 4. The van der Waals surface area contributed by atoms with Gasteiger partial charge in [-0.3, -0.25) is 48.7 Å². The second-order valence-electron chi connectivity index (χ2n) is 21.2. The van der Waals surface area contributed by atoms with Crippen molar-refractivity contribution in [3.63, 3.8) is 0 Å². The van der Waals surface area contributed by atoms with Crippen molar-refractivity contribution in [1.29, 1.82) is 0 Å². The number of amides is 6. The van der Waals surface area contributed by atoms with Crippen LogP contribution in [-0.4, -0.2) is 114 Å². The number of hydrogen-bond donors (Lipinski definition) is 4. The molecule has 2 atom stereocenters. The molecule has 19 nitrogen and oxygen atoms in total. The van der Waals surface area contributed by atoms with E-state index < -0.39 is 29.7 Å². The van der Waals surface area contributed by atoms with Crippen LogP contribution >= 0.6 is 0 Å². The van der Waals surface area contributed by atoms with Crippen molar-refractivity contribution in [2.45, 2.75) is 103 Å². The number of aliphatic hydroxyl groups excluding tert-OH is 1. The summed E-state index contributed by atoms with van der Waals surface area (Å²) in [4.78, 5) is 109. The van der Waals surface area contributed by atoms with Gasteiger partial charge >= 0.3 is 0 Å². The standard InChI is InChI=1S/C54H59N11O8/c1-30-27-61(49(69)31-8-10-34(11-9-31)57-39-7-5-6-37-46(39)53(73)65(50(37)70)41-13-15-45(67)59-48(41)68)18-19-62(30)35-12-14-44(56-26-35)58-40-22-33(28-60(4)51(40)71)36-16-17-55-47(38(36)29-66)64-21-20-63-42(52(64)72)23-32-24-54(2,3)25-43(32)63/h5-7,12,14,16-17,22-23,26,28,30-31,34,41,57,66H,8-11,13,15,18-21,24-25,27,29H2,1-4H3,(H,56,58)(H,59,67,68)/t30-,31-,34-,41?/m0/s1. The molecular formula is C54H59N11O8. The molecule has 0 bridgehead atoms. The van der Waals surface area contributed by atoms with Crippen molar-refractivity contribution in [2.75, 3.05) is 46.6 Å². The highest BCUT2D eigenvalue weighted by molar-refractivity contribution is 6.25. The van der Waals surface area contributed by atoms with Gasteiger partial charge in [0.2, 0.25) is 17.7 Å². The molecule has 1 unspecified atom stereocenters. The van der Waals surface area contributed by atoms with Crippen LogP contribution in [0.2, 0.25) is 0 Å². The molecule has 378 valence electrons. The molecule has 0 radical (unpaired) electrons. The maximum Gasteiger partial charge on any atom is 0.276 e. The maximum atomic E-state index is 14.0. The van der Waals surface area contributed by atoms with Crippen LogP contribution in [0.1, 0.15) is 107 Å². The molecule has 5 aromatic rings. The Labute approximate surface area is 421 Å². The van der Waals surface area contributed by atoms with Crippen LogP contribution in [0, 0.1) is 11.3 Å². The van der Waals surface area contributed by atoms with Crippen LogP contribution in [0.3, 0.4) is 0 Å². The summed E-state index contributed by atoms with van der Waals surface area (Å²) in [5.41, 5.74) is 6.92. The lowest BCUT2D eigenvalue weighted by Crippen LogP contribution is -2.55. The van der Waals surface area contributed by atoms with E-state index in [1.165, 1.54) is 15.8 Å². The van der Waals surface area contributed by atoms with E-state index in [0.29, 0.717) is 98.1 Å². The number of aliphatic hydroxyl groups is 1. The Kier molecular flexibility index (Phi) is 12.0. The molecule has 4 N–H and O–H groups in total. The number of nitrogens with zero attached hydrogens (tertiary/aromatic N) is 8. The number of benzene rings is 1. The third-order valence-electron chi connectivity index (χ3n) is 15.8. The van der Waals surface area contributed by atoms with E-state index in [0.717, 1.165) is 23.4 Å². The summed E-state index contributed by atoms with van der Waals surface area (Å²) < 4.78 is 3.62. The SMILES string of the molecule is C[C@H]1CN(C(=O)[C@H]2CC[C@H](Nc3cccc4c3C(=O)N(C3CCC(=O)NC3=O)C4=O)CC2)CCN1c1ccc(Nc2cc(-c3ccnc(N4CCn5c(cc6c5CC(C)(C)C6)C4=O)c3CO)cn(C)c2=O)nc1. The predicted octanol–water partition coefficient (Wildman–Crippen LogP) is 4.77. The number of carbonyl (C=O) groups is 6. The lowest BCUT2D eigenvalue weighted by Gasteiger charge is -2.43. The van der Waals surface area contributed by atoms with Crippen LogP contribution < -0.4 is 31.3 Å². The number of imide groups is 2. The maximum absolute atomic E-state index is 14.0. The van der Waals surface area contributed by atoms with Gasteiger partial charge in [0.25, 0.3) is 23.3 Å². The summed E-state index contributed by atoms with van der Waals surface area (Å²) in [5, 5.41) is 19.7. The van der Waals surface area contributed by atoms with E-state index in [2.05, 4.69) is 51.2 Å². The van der Waals surface area contributed by atoms with Crippen LogP contribution in [0.25, 0.3) is 11.1 Å². The van der Waals surface area contributed by atoms with Crippen LogP contribution in [0.5, 0.6) is 0 Å². The first-order valence-electron chi connectivity index (χ1n) is 25.3. The van der Waals surface area contributed by atoms with Gasteiger partial charge in [0, 0.05) is 99.1 Å². The van der Waals surface area contributed by atoms with Gasteiger partial charge in [-0.2, -0.15) is 0 Å². The third kappa shape index (κ3) is 8.51. The minimum Gasteiger partial charge on any atom is -0.392 e. The molecule has 19 heteroatoms. The van der Waals surface area contributed by atoms with Crippen molar-refractivity contribution in [3.8, 4) is 11.1 Å². The summed E-state index contributed by atoms with van der Waals surface area (Å²) in [6.07, 6.45) is 9.81. The van der Waals surface area contributed by atoms with E-state index in [1.54, 1.807) is 60.9 Å². The largest absolute Gasteiger partial charge is 0.392 e. The quantitative estimate of drug-likeness (QED) is 0.139. The van der Waals surface area contributed by atoms with E-state index in [4.69, 9.17) is 4.98 Å². The highest BCUT2D eigenvalue weighted by Crippen LogP contribution is 2.41. The Morgan fingerprint density at radius 2 is 1.67 bits per heavy atom. The summed E-state index contributed by atoms with van der Waals surface area (Å²) in [5.74, 6) is -1.48. The van der Waals surface area contributed by atoms with E-state index in [1.807, 2.05) is 23.1 Å². The molecule has 8 heterocycles. The number of piperazine rings is 1. The molecule has 4 aromatic heterocycles. The molecule has 2 saturated heterocycles. The fourth-order valence-corrected chi connectivity index (χ4v) is 12.1. The normalized spacial score (nSPS) is 22.6. The summed E-state index contributed by atoms with van der Waals surface area (Å²) >= 11 is 0. The Morgan fingerprint density at radius 1 is 0.863 bits per heavy atom. The monoisotopic (exact) mass is 989 g/mol. The van der Waals surface area contributed by atoms with Gasteiger partial charge in [-0.05, 0) is 111 Å². The molecule has 73 heavy (non-hydrogen) atoms. The van der Waals surface area contributed by atoms with Crippen molar-refractivity contribution in [3.05, 3.63) is 111 Å².